The Morgan fingerprint density at radius 1 is 1.25 bits per heavy atom. The Kier molecular flexibility index (Phi) is 5.36. The summed E-state index contributed by atoms with van der Waals surface area (Å²) in [6, 6.07) is 10.9. The Bertz CT molecular complexity index is 531. The van der Waals surface area contributed by atoms with E-state index in [-0.39, 0.29) is 0 Å². The Labute approximate surface area is 122 Å². The fourth-order valence-electron chi connectivity index (χ4n) is 2.61. The van der Waals surface area contributed by atoms with Crippen molar-refractivity contribution in [3.05, 3.63) is 53.3 Å². The lowest BCUT2D eigenvalue weighted by Gasteiger charge is -2.16. The molecule has 3 heteroatoms. The van der Waals surface area contributed by atoms with Crippen LogP contribution in [0.25, 0.3) is 0 Å². The molecule has 0 fully saturated rings. The molecule has 0 aliphatic carbocycles. The third-order valence-electron chi connectivity index (χ3n) is 3.56. The highest BCUT2D eigenvalue weighted by Gasteiger charge is 2.12. The van der Waals surface area contributed by atoms with Gasteiger partial charge in [0.1, 0.15) is 0 Å². The molecule has 0 spiro atoms. The molecule has 0 amide bonds. The van der Waals surface area contributed by atoms with Gasteiger partial charge in [0.25, 0.3) is 0 Å². The first-order valence-corrected chi connectivity index (χ1v) is 7.42. The van der Waals surface area contributed by atoms with Crippen LogP contribution in [-0.4, -0.2) is 22.9 Å². The summed E-state index contributed by atoms with van der Waals surface area (Å²) >= 11 is 0. The van der Waals surface area contributed by atoms with Gasteiger partial charge in [-0.05, 0) is 50.4 Å². The predicted molar refractivity (Wildman–Crippen MR) is 83.8 cm³/mol. The van der Waals surface area contributed by atoms with E-state index in [2.05, 4.69) is 54.6 Å². The van der Waals surface area contributed by atoms with Crippen molar-refractivity contribution in [1.82, 2.24) is 15.1 Å². The Morgan fingerprint density at radius 2 is 2.10 bits per heavy atom. The minimum absolute atomic E-state index is 0.589. The number of hydrogen-bond donors (Lipinski definition) is 1. The van der Waals surface area contributed by atoms with Crippen LogP contribution < -0.4 is 5.32 Å². The maximum Gasteiger partial charge on any atom is 0.0627 e. The summed E-state index contributed by atoms with van der Waals surface area (Å²) in [5.41, 5.74) is 3.94. The number of aromatic nitrogens is 2. The Hall–Kier alpha value is -1.61. The molecule has 0 aliphatic heterocycles. The van der Waals surface area contributed by atoms with Crippen LogP contribution in [0.5, 0.6) is 0 Å². The highest BCUT2D eigenvalue weighted by molar-refractivity contribution is 5.23. The van der Waals surface area contributed by atoms with Crippen LogP contribution in [0, 0.1) is 12.8 Å². The van der Waals surface area contributed by atoms with Crippen LogP contribution in [0.1, 0.15) is 23.7 Å². The molecule has 0 saturated heterocycles. The van der Waals surface area contributed by atoms with Gasteiger partial charge in [0, 0.05) is 13.2 Å². The van der Waals surface area contributed by atoms with Gasteiger partial charge in [-0.25, -0.2) is 0 Å². The zero-order chi connectivity index (χ0) is 14.4. The summed E-state index contributed by atoms with van der Waals surface area (Å²) in [6.45, 7) is 6.37. The molecule has 2 aromatic rings. The van der Waals surface area contributed by atoms with Crippen LogP contribution in [0.15, 0.2) is 36.5 Å². The fraction of sp³-hybridized carbons (Fsp3) is 0.471. The lowest BCUT2D eigenvalue weighted by Crippen LogP contribution is -2.26. The standard InChI is InChI=1S/C17H25N3/c1-4-18-13-16(12-17-8-9-20(3)19-17)11-15-7-5-6-14(2)10-15/h5-10,16,18H,4,11-13H2,1-3H3. The number of benzene rings is 1. The highest BCUT2D eigenvalue weighted by Crippen LogP contribution is 2.14. The van der Waals surface area contributed by atoms with Crippen molar-refractivity contribution in [2.24, 2.45) is 13.0 Å². The molecule has 2 rings (SSSR count). The van der Waals surface area contributed by atoms with Gasteiger partial charge in [-0.15, -0.1) is 0 Å². The van der Waals surface area contributed by atoms with Gasteiger partial charge >= 0.3 is 0 Å². The molecular weight excluding hydrogens is 246 g/mol. The van der Waals surface area contributed by atoms with Gasteiger partial charge < -0.3 is 5.32 Å². The number of rotatable bonds is 7. The van der Waals surface area contributed by atoms with E-state index >= 15 is 0 Å². The SMILES string of the molecule is CCNCC(Cc1cccc(C)c1)Cc1ccn(C)n1. The van der Waals surface area contributed by atoms with E-state index in [9.17, 15) is 0 Å². The van der Waals surface area contributed by atoms with Gasteiger partial charge in [0.15, 0.2) is 0 Å². The first-order chi connectivity index (χ1) is 9.67. The molecule has 1 aromatic carbocycles. The molecule has 108 valence electrons. The van der Waals surface area contributed by atoms with Gasteiger partial charge in [-0.1, -0.05) is 36.8 Å². The summed E-state index contributed by atoms with van der Waals surface area (Å²) in [5.74, 6) is 0.589. The first-order valence-electron chi connectivity index (χ1n) is 7.42. The van der Waals surface area contributed by atoms with E-state index in [0.29, 0.717) is 5.92 Å². The summed E-state index contributed by atoms with van der Waals surface area (Å²) in [5, 5.41) is 7.98. The van der Waals surface area contributed by atoms with Crippen LogP contribution in [0.3, 0.4) is 0 Å². The smallest absolute Gasteiger partial charge is 0.0627 e. The van der Waals surface area contributed by atoms with Crippen molar-refractivity contribution in [2.45, 2.75) is 26.7 Å². The fourth-order valence-corrected chi connectivity index (χ4v) is 2.61. The van der Waals surface area contributed by atoms with E-state index < -0.39 is 0 Å². The maximum atomic E-state index is 4.51. The zero-order valence-electron chi connectivity index (χ0n) is 12.8. The molecule has 0 saturated carbocycles. The number of hydrogen-bond acceptors (Lipinski definition) is 2. The van der Waals surface area contributed by atoms with Gasteiger partial charge in [0.05, 0.1) is 5.69 Å². The highest BCUT2D eigenvalue weighted by atomic mass is 15.2. The maximum absolute atomic E-state index is 4.51. The van der Waals surface area contributed by atoms with E-state index in [1.807, 2.05) is 17.9 Å². The van der Waals surface area contributed by atoms with E-state index in [4.69, 9.17) is 0 Å². The monoisotopic (exact) mass is 271 g/mol. The number of aryl methyl sites for hydroxylation is 2. The van der Waals surface area contributed by atoms with Gasteiger partial charge in [0.2, 0.25) is 0 Å². The molecule has 0 bridgehead atoms. The second-order valence-electron chi connectivity index (χ2n) is 5.55. The summed E-state index contributed by atoms with van der Waals surface area (Å²) in [6.07, 6.45) is 4.15. The molecule has 1 unspecified atom stereocenters. The third-order valence-corrected chi connectivity index (χ3v) is 3.56. The van der Waals surface area contributed by atoms with Gasteiger partial charge in [-0.2, -0.15) is 5.10 Å². The molecule has 3 nitrogen and oxygen atoms in total. The predicted octanol–water partition coefficient (Wildman–Crippen LogP) is 2.74. The van der Waals surface area contributed by atoms with Crippen molar-refractivity contribution in [1.29, 1.82) is 0 Å². The van der Waals surface area contributed by atoms with Crippen molar-refractivity contribution < 1.29 is 0 Å². The quantitative estimate of drug-likeness (QED) is 0.839. The molecule has 1 atom stereocenters. The molecule has 1 aromatic heterocycles. The Balaban J connectivity index is 2.02. The lowest BCUT2D eigenvalue weighted by molar-refractivity contribution is 0.471. The third kappa shape index (κ3) is 4.49. The topological polar surface area (TPSA) is 29.9 Å². The largest absolute Gasteiger partial charge is 0.317 e. The van der Waals surface area contributed by atoms with E-state index in [1.54, 1.807) is 0 Å². The van der Waals surface area contributed by atoms with E-state index in [1.165, 1.54) is 16.8 Å². The second-order valence-corrected chi connectivity index (χ2v) is 5.55. The summed E-state index contributed by atoms with van der Waals surface area (Å²) in [4.78, 5) is 0. The van der Waals surface area contributed by atoms with Crippen molar-refractivity contribution in [3.63, 3.8) is 0 Å². The average molecular weight is 271 g/mol. The molecule has 20 heavy (non-hydrogen) atoms. The number of nitrogens with one attached hydrogen (secondary N) is 1. The minimum Gasteiger partial charge on any atom is -0.317 e. The molecule has 0 aliphatic rings. The summed E-state index contributed by atoms with van der Waals surface area (Å²) < 4.78 is 1.88. The molecule has 1 N–H and O–H groups in total. The lowest BCUT2D eigenvalue weighted by atomic mass is 9.94. The molecule has 0 radical (unpaired) electrons. The van der Waals surface area contributed by atoms with Crippen LogP contribution in [0.4, 0.5) is 0 Å². The summed E-state index contributed by atoms with van der Waals surface area (Å²) in [7, 11) is 1.98. The first kappa shape index (κ1) is 14.8. The van der Waals surface area contributed by atoms with Crippen molar-refractivity contribution in [3.8, 4) is 0 Å². The molecular formula is C17H25N3. The van der Waals surface area contributed by atoms with Crippen molar-refractivity contribution >= 4 is 0 Å². The van der Waals surface area contributed by atoms with Crippen LogP contribution in [-0.2, 0) is 19.9 Å². The van der Waals surface area contributed by atoms with Crippen LogP contribution >= 0.6 is 0 Å². The molecule has 1 heterocycles. The second kappa shape index (κ2) is 7.25. The van der Waals surface area contributed by atoms with Crippen LogP contribution in [0.2, 0.25) is 0 Å². The average Bonchev–Trinajstić information content (AvgIpc) is 2.81. The Morgan fingerprint density at radius 3 is 2.75 bits per heavy atom. The minimum atomic E-state index is 0.589. The van der Waals surface area contributed by atoms with Crippen molar-refractivity contribution in [2.75, 3.05) is 13.1 Å². The normalized spacial score (nSPS) is 12.6. The zero-order valence-corrected chi connectivity index (χ0v) is 12.8. The van der Waals surface area contributed by atoms with E-state index in [0.717, 1.165) is 25.9 Å². The number of nitrogens with zero attached hydrogens (tertiary/aromatic N) is 2. The van der Waals surface area contributed by atoms with Gasteiger partial charge in [-0.3, -0.25) is 4.68 Å².